The van der Waals surface area contributed by atoms with E-state index in [4.69, 9.17) is 4.74 Å². The molecule has 0 aliphatic carbocycles. The summed E-state index contributed by atoms with van der Waals surface area (Å²) in [5.74, 6) is 0.263. The van der Waals surface area contributed by atoms with Gasteiger partial charge in [-0.1, -0.05) is 44.2 Å². The molecule has 7 nitrogen and oxygen atoms in total. The summed E-state index contributed by atoms with van der Waals surface area (Å²) in [6, 6.07) is 9.94. The molecular formula is C23H30N4O3. The van der Waals surface area contributed by atoms with Crippen LogP contribution in [-0.2, 0) is 27.4 Å². The Balaban J connectivity index is 1.65. The lowest BCUT2D eigenvalue weighted by atomic mass is 10.2. The van der Waals surface area contributed by atoms with Gasteiger partial charge in [0.25, 0.3) is 0 Å². The van der Waals surface area contributed by atoms with Crippen molar-refractivity contribution in [3.05, 3.63) is 60.2 Å². The van der Waals surface area contributed by atoms with Crippen molar-refractivity contribution in [2.24, 2.45) is 5.92 Å². The van der Waals surface area contributed by atoms with E-state index in [1.54, 1.807) is 23.5 Å². The van der Waals surface area contributed by atoms with Crippen LogP contribution in [0.25, 0.3) is 0 Å². The molecule has 3 rings (SSSR count). The molecule has 2 amide bonds. The van der Waals surface area contributed by atoms with Crippen molar-refractivity contribution in [2.45, 2.75) is 39.4 Å². The van der Waals surface area contributed by atoms with Crippen LogP contribution in [0.5, 0.6) is 0 Å². The Bertz CT molecular complexity index is 814. The van der Waals surface area contributed by atoms with Gasteiger partial charge in [0.2, 0.25) is 11.8 Å². The SMILES string of the molecule is CC(C)CN1C[C@H](OCc2ccccc2)CN(C(=O)CCc2cnccn2)CC1=O. The molecule has 7 heteroatoms. The van der Waals surface area contributed by atoms with E-state index in [1.165, 1.54) is 0 Å². The van der Waals surface area contributed by atoms with Gasteiger partial charge < -0.3 is 14.5 Å². The number of hydrogen-bond acceptors (Lipinski definition) is 5. The standard InChI is InChI=1S/C23H30N4O3/c1-18(2)13-26-14-21(30-17-19-6-4-3-5-7-19)15-27(16-23(26)29)22(28)9-8-20-12-24-10-11-25-20/h3-7,10-12,18,21H,8-9,13-17H2,1-2H3/t21-/m0/s1. The number of hydrogen-bond donors (Lipinski definition) is 0. The van der Waals surface area contributed by atoms with E-state index in [2.05, 4.69) is 23.8 Å². The van der Waals surface area contributed by atoms with E-state index in [0.29, 0.717) is 45.0 Å². The van der Waals surface area contributed by atoms with Gasteiger partial charge in [0.1, 0.15) is 0 Å². The molecule has 1 saturated heterocycles. The summed E-state index contributed by atoms with van der Waals surface area (Å²) in [6.45, 7) is 6.29. The highest BCUT2D eigenvalue weighted by molar-refractivity contribution is 5.85. The number of carbonyl (C=O) groups excluding carboxylic acids is 2. The molecule has 0 N–H and O–H groups in total. The topological polar surface area (TPSA) is 75.6 Å². The fourth-order valence-electron chi connectivity index (χ4n) is 3.53. The number of nitrogens with zero attached hydrogens (tertiary/aromatic N) is 4. The van der Waals surface area contributed by atoms with Crippen molar-refractivity contribution < 1.29 is 14.3 Å². The smallest absolute Gasteiger partial charge is 0.242 e. The van der Waals surface area contributed by atoms with E-state index in [0.717, 1.165) is 11.3 Å². The Morgan fingerprint density at radius 2 is 2.00 bits per heavy atom. The van der Waals surface area contributed by atoms with Crippen LogP contribution < -0.4 is 0 Å². The highest BCUT2D eigenvalue weighted by atomic mass is 16.5. The lowest BCUT2D eigenvalue weighted by Gasteiger charge is -2.26. The molecule has 1 aromatic heterocycles. The zero-order valence-electron chi connectivity index (χ0n) is 17.7. The van der Waals surface area contributed by atoms with Crippen molar-refractivity contribution in [3.8, 4) is 0 Å². The number of aryl methyl sites for hydroxylation is 1. The number of aromatic nitrogens is 2. The monoisotopic (exact) mass is 410 g/mol. The summed E-state index contributed by atoms with van der Waals surface area (Å²) in [5, 5.41) is 0. The minimum absolute atomic E-state index is 0.0256. The van der Waals surface area contributed by atoms with E-state index >= 15 is 0 Å². The molecule has 2 aromatic rings. The van der Waals surface area contributed by atoms with Crippen LogP contribution in [0.1, 0.15) is 31.5 Å². The fraction of sp³-hybridized carbons (Fsp3) is 0.478. The lowest BCUT2D eigenvalue weighted by Crippen LogP contribution is -2.40. The van der Waals surface area contributed by atoms with Gasteiger partial charge in [0, 0.05) is 44.6 Å². The van der Waals surface area contributed by atoms with Gasteiger partial charge in [-0.25, -0.2) is 0 Å². The summed E-state index contributed by atoms with van der Waals surface area (Å²) >= 11 is 0. The van der Waals surface area contributed by atoms with Gasteiger partial charge in [-0.3, -0.25) is 19.6 Å². The van der Waals surface area contributed by atoms with Gasteiger partial charge in [-0.15, -0.1) is 0 Å². The van der Waals surface area contributed by atoms with Crippen LogP contribution in [0.4, 0.5) is 0 Å². The normalized spacial score (nSPS) is 17.3. The van der Waals surface area contributed by atoms with Gasteiger partial charge in [-0.2, -0.15) is 0 Å². The number of ether oxygens (including phenoxy) is 1. The largest absolute Gasteiger partial charge is 0.370 e. The van der Waals surface area contributed by atoms with Crippen LogP contribution in [0.15, 0.2) is 48.9 Å². The Morgan fingerprint density at radius 1 is 1.20 bits per heavy atom. The Morgan fingerprint density at radius 3 is 2.70 bits per heavy atom. The average molecular weight is 411 g/mol. The molecule has 1 atom stereocenters. The average Bonchev–Trinajstić information content (AvgIpc) is 2.90. The third kappa shape index (κ3) is 6.62. The molecule has 1 aromatic carbocycles. The van der Waals surface area contributed by atoms with E-state index in [1.807, 2.05) is 35.2 Å². The zero-order valence-corrected chi connectivity index (χ0v) is 17.7. The molecule has 30 heavy (non-hydrogen) atoms. The van der Waals surface area contributed by atoms with Crippen LogP contribution in [-0.4, -0.2) is 63.9 Å². The second kappa shape index (κ2) is 10.8. The summed E-state index contributed by atoms with van der Waals surface area (Å²) in [7, 11) is 0. The summed E-state index contributed by atoms with van der Waals surface area (Å²) in [6.07, 6.45) is 5.46. The third-order valence-corrected chi connectivity index (χ3v) is 5.01. The van der Waals surface area contributed by atoms with Crippen molar-refractivity contribution in [1.82, 2.24) is 19.8 Å². The van der Waals surface area contributed by atoms with Crippen LogP contribution in [0, 0.1) is 5.92 Å². The molecule has 160 valence electrons. The predicted molar refractivity (Wildman–Crippen MR) is 113 cm³/mol. The maximum atomic E-state index is 12.9. The minimum atomic E-state index is -0.226. The summed E-state index contributed by atoms with van der Waals surface area (Å²) < 4.78 is 6.14. The Hall–Kier alpha value is -2.80. The first-order valence-electron chi connectivity index (χ1n) is 10.5. The molecular weight excluding hydrogens is 380 g/mol. The Kier molecular flexibility index (Phi) is 7.90. The highest BCUT2D eigenvalue weighted by Gasteiger charge is 2.31. The molecule has 0 unspecified atom stereocenters. The molecule has 0 bridgehead atoms. The van der Waals surface area contributed by atoms with Gasteiger partial charge >= 0.3 is 0 Å². The third-order valence-electron chi connectivity index (χ3n) is 5.01. The predicted octanol–water partition coefficient (Wildman–Crippen LogP) is 2.32. The molecule has 0 radical (unpaired) electrons. The van der Waals surface area contributed by atoms with Crippen molar-refractivity contribution in [1.29, 1.82) is 0 Å². The van der Waals surface area contributed by atoms with Crippen molar-refractivity contribution in [2.75, 3.05) is 26.2 Å². The number of carbonyl (C=O) groups is 2. The van der Waals surface area contributed by atoms with Gasteiger partial charge in [0.05, 0.1) is 24.9 Å². The Labute approximate surface area is 178 Å². The van der Waals surface area contributed by atoms with E-state index in [-0.39, 0.29) is 24.5 Å². The first-order chi connectivity index (χ1) is 14.5. The van der Waals surface area contributed by atoms with Crippen LogP contribution >= 0.6 is 0 Å². The lowest BCUT2D eigenvalue weighted by molar-refractivity contribution is -0.139. The molecule has 0 saturated carbocycles. The fourth-order valence-corrected chi connectivity index (χ4v) is 3.53. The second-order valence-corrected chi connectivity index (χ2v) is 8.08. The number of rotatable bonds is 8. The van der Waals surface area contributed by atoms with Crippen molar-refractivity contribution >= 4 is 11.8 Å². The maximum absolute atomic E-state index is 12.9. The first kappa shape index (κ1) is 21.9. The molecule has 0 spiro atoms. The minimum Gasteiger partial charge on any atom is -0.370 e. The summed E-state index contributed by atoms with van der Waals surface area (Å²) in [5.41, 5.74) is 1.84. The van der Waals surface area contributed by atoms with Crippen molar-refractivity contribution in [3.63, 3.8) is 0 Å². The number of amides is 2. The van der Waals surface area contributed by atoms with Gasteiger partial charge in [0.15, 0.2) is 0 Å². The quantitative estimate of drug-likeness (QED) is 0.668. The molecule has 1 fully saturated rings. The first-order valence-corrected chi connectivity index (χ1v) is 10.5. The molecule has 2 heterocycles. The highest BCUT2D eigenvalue weighted by Crippen LogP contribution is 2.14. The number of benzene rings is 1. The van der Waals surface area contributed by atoms with E-state index < -0.39 is 0 Å². The molecule has 1 aliphatic rings. The van der Waals surface area contributed by atoms with Crippen LogP contribution in [0.3, 0.4) is 0 Å². The maximum Gasteiger partial charge on any atom is 0.242 e. The second-order valence-electron chi connectivity index (χ2n) is 8.08. The van der Waals surface area contributed by atoms with Crippen LogP contribution in [0.2, 0.25) is 0 Å². The zero-order chi connectivity index (χ0) is 21.3. The molecule has 1 aliphatic heterocycles. The van der Waals surface area contributed by atoms with E-state index in [9.17, 15) is 9.59 Å². The van der Waals surface area contributed by atoms with Gasteiger partial charge in [-0.05, 0) is 17.9 Å². The summed E-state index contributed by atoms with van der Waals surface area (Å²) in [4.78, 5) is 37.4.